The third kappa shape index (κ3) is 3.14. The van der Waals surface area contributed by atoms with E-state index in [0.29, 0.717) is 18.1 Å². The molecule has 0 aliphatic heterocycles. The van der Waals surface area contributed by atoms with Gasteiger partial charge in [-0.15, -0.1) is 0 Å². The first kappa shape index (κ1) is 17.9. The minimum Gasteiger partial charge on any atom is -0.383 e. The van der Waals surface area contributed by atoms with Crippen LogP contribution < -0.4 is 11.1 Å². The summed E-state index contributed by atoms with van der Waals surface area (Å²) in [5, 5.41) is 16.9. The average Bonchev–Trinajstić information content (AvgIpc) is 3.37. The number of hydrogen-bond donors (Lipinski definition) is 3. The zero-order valence-corrected chi connectivity index (χ0v) is 16.3. The number of anilines is 1. The van der Waals surface area contributed by atoms with E-state index in [1.807, 2.05) is 55.7 Å². The number of aryl methyl sites for hydroxylation is 1. The smallest absolute Gasteiger partial charge is 0.272 e. The molecule has 1 amide bonds. The van der Waals surface area contributed by atoms with Gasteiger partial charge in [-0.2, -0.15) is 10.2 Å². The number of nitrogen functional groups attached to an aromatic ring is 1. The summed E-state index contributed by atoms with van der Waals surface area (Å²) in [6.45, 7) is 0.387. The quantitative estimate of drug-likeness (QED) is 0.431. The molecule has 0 spiro atoms. The van der Waals surface area contributed by atoms with Crippen molar-refractivity contribution < 1.29 is 4.79 Å². The standard InChI is InChI=1S/C22H19N7O/c1-29-12-13(11-26-29)10-25-22(30)20-18-9-16(4-5-19(18)27-28-20)15-3-2-14-6-7-24-21(23)17(14)8-15/h2-9,11-12H,10H2,1H3,(H2,23,24)(H,25,30)(H,27,28). The normalized spacial score (nSPS) is 11.2. The zero-order chi connectivity index (χ0) is 20.7. The molecule has 0 aliphatic rings. The molecule has 0 aliphatic carbocycles. The third-order valence-electron chi connectivity index (χ3n) is 5.12. The van der Waals surface area contributed by atoms with Crippen LogP contribution >= 0.6 is 0 Å². The number of nitrogens with two attached hydrogens (primary N) is 1. The fourth-order valence-electron chi connectivity index (χ4n) is 3.57. The van der Waals surface area contributed by atoms with Crippen LogP contribution in [0.4, 0.5) is 5.82 Å². The SMILES string of the molecule is Cn1cc(CNC(=O)c2n[nH]c3ccc(-c4ccc5ccnc(N)c5c4)cc23)cn1. The monoisotopic (exact) mass is 397 g/mol. The lowest BCUT2D eigenvalue weighted by Crippen LogP contribution is -2.23. The van der Waals surface area contributed by atoms with Crippen molar-refractivity contribution >= 4 is 33.4 Å². The highest BCUT2D eigenvalue weighted by Gasteiger charge is 2.15. The summed E-state index contributed by atoms with van der Waals surface area (Å²) >= 11 is 0. The molecule has 0 unspecified atom stereocenters. The van der Waals surface area contributed by atoms with E-state index in [9.17, 15) is 4.79 Å². The van der Waals surface area contributed by atoms with E-state index < -0.39 is 0 Å². The van der Waals surface area contributed by atoms with Crippen LogP contribution in [0.1, 0.15) is 16.1 Å². The number of amides is 1. The van der Waals surface area contributed by atoms with Crippen LogP contribution in [0.3, 0.4) is 0 Å². The molecular formula is C22H19N7O. The predicted molar refractivity (Wildman–Crippen MR) is 116 cm³/mol. The van der Waals surface area contributed by atoms with Gasteiger partial charge in [0.15, 0.2) is 5.69 Å². The first-order valence-corrected chi connectivity index (χ1v) is 9.47. The lowest BCUT2D eigenvalue weighted by atomic mass is 10.00. The summed E-state index contributed by atoms with van der Waals surface area (Å²) in [6.07, 6.45) is 5.29. The Morgan fingerprint density at radius 1 is 1.13 bits per heavy atom. The van der Waals surface area contributed by atoms with Gasteiger partial charge in [0, 0.05) is 42.3 Å². The van der Waals surface area contributed by atoms with Crippen LogP contribution in [0.25, 0.3) is 32.8 Å². The molecule has 0 atom stereocenters. The second-order valence-electron chi connectivity index (χ2n) is 7.17. The van der Waals surface area contributed by atoms with Gasteiger partial charge in [0.05, 0.1) is 11.7 Å². The minimum atomic E-state index is -0.241. The van der Waals surface area contributed by atoms with Gasteiger partial charge >= 0.3 is 0 Å². The number of nitrogens with zero attached hydrogens (tertiary/aromatic N) is 4. The zero-order valence-electron chi connectivity index (χ0n) is 16.3. The number of carbonyl (C=O) groups is 1. The number of aromatic amines is 1. The maximum absolute atomic E-state index is 12.7. The van der Waals surface area contributed by atoms with E-state index >= 15 is 0 Å². The number of carbonyl (C=O) groups excluding carboxylic acids is 1. The summed E-state index contributed by atoms with van der Waals surface area (Å²) < 4.78 is 1.70. The first-order chi connectivity index (χ1) is 14.6. The number of benzene rings is 2. The van der Waals surface area contributed by atoms with Crippen molar-refractivity contribution in [3.05, 3.63) is 72.3 Å². The highest BCUT2D eigenvalue weighted by atomic mass is 16.1. The Morgan fingerprint density at radius 3 is 2.73 bits per heavy atom. The van der Waals surface area contributed by atoms with E-state index in [0.717, 1.165) is 38.4 Å². The fourth-order valence-corrected chi connectivity index (χ4v) is 3.57. The molecule has 8 heteroatoms. The van der Waals surface area contributed by atoms with Crippen molar-refractivity contribution in [3.8, 4) is 11.1 Å². The van der Waals surface area contributed by atoms with Gasteiger partial charge in [0.1, 0.15) is 5.82 Å². The molecule has 0 saturated carbocycles. The van der Waals surface area contributed by atoms with Gasteiger partial charge in [0.25, 0.3) is 5.91 Å². The minimum absolute atomic E-state index is 0.241. The van der Waals surface area contributed by atoms with Crippen LogP contribution in [-0.4, -0.2) is 30.9 Å². The van der Waals surface area contributed by atoms with Crippen LogP contribution in [0.2, 0.25) is 0 Å². The van der Waals surface area contributed by atoms with Crippen molar-refractivity contribution in [1.82, 2.24) is 30.3 Å². The van der Waals surface area contributed by atoms with Gasteiger partial charge in [-0.25, -0.2) is 4.98 Å². The molecule has 8 nitrogen and oxygen atoms in total. The molecule has 30 heavy (non-hydrogen) atoms. The lowest BCUT2D eigenvalue weighted by molar-refractivity contribution is 0.0947. The second-order valence-corrected chi connectivity index (χ2v) is 7.17. The largest absolute Gasteiger partial charge is 0.383 e. The van der Waals surface area contributed by atoms with Gasteiger partial charge < -0.3 is 11.1 Å². The summed E-state index contributed by atoms with van der Waals surface area (Å²) in [4.78, 5) is 16.9. The molecule has 0 radical (unpaired) electrons. The molecule has 3 aromatic heterocycles. The summed E-state index contributed by atoms with van der Waals surface area (Å²) in [5.41, 5.74) is 10.1. The van der Waals surface area contributed by atoms with Crippen LogP contribution in [0, 0.1) is 0 Å². The Balaban J connectivity index is 1.48. The van der Waals surface area contributed by atoms with E-state index in [2.05, 4.69) is 25.6 Å². The second kappa shape index (κ2) is 7.00. The third-order valence-corrected chi connectivity index (χ3v) is 5.12. The van der Waals surface area contributed by atoms with Crippen LogP contribution in [-0.2, 0) is 13.6 Å². The van der Waals surface area contributed by atoms with Crippen molar-refractivity contribution in [1.29, 1.82) is 0 Å². The summed E-state index contributed by atoms with van der Waals surface area (Å²) in [7, 11) is 1.84. The first-order valence-electron chi connectivity index (χ1n) is 9.47. The number of rotatable bonds is 4. The maximum atomic E-state index is 12.7. The Bertz CT molecular complexity index is 1400. The molecule has 5 rings (SSSR count). The molecule has 2 aromatic carbocycles. The van der Waals surface area contributed by atoms with Crippen molar-refractivity contribution in [2.75, 3.05) is 5.73 Å². The van der Waals surface area contributed by atoms with E-state index in [1.54, 1.807) is 17.1 Å². The summed E-state index contributed by atoms with van der Waals surface area (Å²) in [6, 6.07) is 13.9. The van der Waals surface area contributed by atoms with Crippen LogP contribution in [0.5, 0.6) is 0 Å². The number of hydrogen-bond acceptors (Lipinski definition) is 5. The molecule has 0 saturated heterocycles. The maximum Gasteiger partial charge on any atom is 0.272 e. The van der Waals surface area contributed by atoms with Crippen LogP contribution in [0.15, 0.2) is 61.1 Å². The van der Waals surface area contributed by atoms with Gasteiger partial charge in [-0.05, 0) is 40.8 Å². The highest BCUT2D eigenvalue weighted by Crippen LogP contribution is 2.29. The van der Waals surface area contributed by atoms with Crippen molar-refractivity contribution in [2.45, 2.75) is 6.54 Å². The molecule has 0 fully saturated rings. The Morgan fingerprint density at radius 2 is 1.93 bits per heavy atom. The molecule has 4 N–H and O–H groups in total. The molecule has 0 bridgehead atoms. The van der Waals surface area contributed by atoms with Gasteiger partial charge in [-0.1, -0.05) is 18.2 Å². The van der Waals surface area contributed by atoms with E-state index in [4.69, 9.17) is 5.73 Å². The van der Waals surface area contributed by atoms with Crippen molar-refractivity contribution in [3.63, 3.8) is 0 Å². The number of nitrogens with one attached hydrogen (secondary N) is 2. The van der Waals surface area contributed by atoms with Crippen molar-refractivity contribution in [2.24, 2.45) is 7.05 Å². The molecule has 148 valence electrons. The molecule has 3 heterocycles. The van der Waals surface area contributed by atoms with Gasteiger partial charge in [0.2, 0.25) is 0 Å². The topological polar surface area (TPSA) is 115 Å². The average molecular weight is 397 g/mol. The van der Waals surface area contributed by atoms with E-state index in [-0.39, 0.29) is 5.91 Å². The predicted octanol–water partition coefficient (Wildman–Crippen LogP) is 3.02. The Hall–Kier alpha value is -4.20. The highest BCUT2D eigenvalue weighted by molar-refractivity contribution is 6.06. The summed E-state index contributed by atoms with van der Waals surface area (Å²) in [5.74, 6) is 0.253. The number of fused-ring (bicyclic) bond motifs is 2. The number of pyridine rings is 1. The van der Waals surface area contributed by atoms with Gasteiger partial charge in [-0.3, -0.25) is 14.6 Å². The van der Waals surface area contributed by atoms with E-state index in [1.165, 1.54) is 0 Å². The molecular weight excluding hydrogens is 378 g/mol. The molecule has 5 aromatic rings. The number of aromatic nitrogens is 5. The lowest BCUT2D eigenvalue weighted by Gasteiger charge is -2.07. The fraction of sp³-hybridized carbons (Fsp3) is 0.0909. The Kier molecular flexibility index (Phi) is 4.17. The Labute approximate surface area is 171 Å². The number of H-pyrrole nitrogens is 1.